The van der Waals surface area contributed by atoms with Crippen LogP contribution in [0.4, 0.5) is 4.39 Å². The number of methoxy groups -OCH3 is 1. The lowest BCUT2D eigenvalue weighted by atomic mass is 9.79. The minimum Gasteiger partial charge on any atom is -0.496 e. The maximum absolute atomic E-state index is 12.9. The molecule has 0 radical (unpaired) electrons. The zero-order chi connectivity index (χ0) is 9.26. The SMILES string of the molecule is COc1ccc(F)cc1C1CCC1. The summed E-state index contributed by atoms with van der Waals surface area (Å²) in [6.07, 6.45) is 3.59. The first-order valence-corrected chi connectivity index (χ1v) is 4.64. The van der Waals surface area contributed by atoms with Crippen LogP contribution in [0.1, 0.15) is 30.7 Å². The molecule has 2 heteroatoms. The zero-order valence-electron chi connectivity index (χ0n) is 7.72. The van der Waals surface area contributed by atoms with Crippen molar-refractivity contribution in [2.24, 2.45) is 0 Å². The Kier molecular flexibility index (Phi) is 2.21. The molecule has 2 rings (SSSR count). The number of halogens is 1. The molecule has 1 aromatic rings. The fraction of sp³-hybridized carbons (Fsp3) is 0.455. The van der Waals surface area contributed by atoms with Gasteiger partial charge in [0.25, 0.3) is 0 Å². The fourth-order valence-electron chi connectivity index (χ4n) is 1.74. The summed E-state index contributed by atoms with van der Waals surface area (Å²) in [6.45, 7) is 0. The number of hydrogen-bond donors (Lipinski definition) is 0. The van der Waals surface area contributed by atoms with Gasteiger partial charge in [0.1, 0.15) is 11.6 Å². The van der Waals surface area contributed by atoms with Gasteiger partial charge in [0.2, 0.25) is 0 Å². The largest absolute Gasteiger partial charge is 0.496 e. The number of benzene rings is 1. The summed E-state index contributed by atoms with van der Waals surface area (Å²) in [6, 6.07) is 4.76. The van der Waals surface area contributed by atoms with E-state index in [4.69, 9.17) is 4.74 Å². The number of hydrogen-bond acceptors (Lipinski definition) is 1. The molecule has 1 aromatic carbocycles. The molecule has 0 aromatic heterocycles. The van der Waals surface area contributed by atoms with E-state index < -0.39 is 0 Å². The second-order valence-corrected chi connectivity index (χ2v) is 3.51. The van der Waals surface area contributed by atoms with Crippen molar-refractivity contribution >= 4 is 0 Å². The van der Waals surface area contributed by atoms with Gasteiger partial charge in [-0.3, -0.25) is 0 Å². The molecule has 0 saturated heterocycles. The minimum atomic E-state index is -0.164. The van der Waals surface area contributed by atoms with Crippen molar-refractivity contribution in [3.63, 3.8) is 0 Å². The van der Waals surface area contributed by atoms with Crippen molar-refractivity contribution in [3.05, 3.63) is 29.6 Å². The second-order valence-electron chi connectivity index (χ2n) is 3.51. The molecule has 0 unspecified atom stereocenters. The summed E-state index contributed by atoms with van der Waals surface area (Å²) in [7, 11) is 1.63. The van der Waals surface area contributed by atoms with E-state index in [0.717, 1.165) is 11.3 Å². The Morgan fingerprint density at radius 2 is 2.15 bits per heavy atom. The van der Waals surface area contributed by atoms with Crippen LogP contribution in [0.5, 0.6) is 5.75 Å². The molecule has 1 nitrogen and oxygen atoms in total. The summed E-state index contributed by atoms with van der Waals surface area (Å²) in [5, 5.41) is 0. The van der Waals surface area contributed by atoms with Gasteiger partial charge in [-0.25, -0.2) is 4.39 Å². The third-order valence-electron chi connectivity index (χ3n) is 2.74. The van der Waals surface area contributed by atoms with Crippen molar-refractivity contribution in [3.8, 4) is 5.75 Å². The van der Waals surface area contributed by atoms with Gasteiger partial charge in [-0.1, -0.05) is 6.42 Å². The third-order valence-corrected chi connectivity index (χ3v) is 2.74. The number of rotatable bonds is 2. The predicted molar refractivity (Wildman–Crippen MR) is 49.5 cm³/mol. The van der Waals surface area contributed by atoms with Crippen molar-refractivity contribution in [2.75, 3.05) is 7.11 Å². The van der Waals surface area contributed by atoms with Gasteiger partial charge in [0, 0.05) is 5.56 Å². The lowest BCUT2D eigenvalue weighted by Gasteiger charge is -2.27. The normalized spacial score (nSPS) is 16.8. The molecule has 0 bridgehead atoms. The molecule has 13 heavy (non-hydrogen) atoms. The highest BCUT2D eigenvalue weighted by atomic mass is 19.1. The molecule has 0 aliphatic heterocycles. The monoisotopic (exact) mass is 180 g/mol. The molecule has 0 N–H and O–H groups in total. The van der Waals surface area contributed by atoms with Crippen LogP contribution in [0.25, 0.3) is 0 Å². The van der Waals surface area contributed by atoms with Gasteiger partial charge in [-0.05, 0) is 37.0 Å². The average Bonchev–Trinajstić information content (AvgIpc) is 2.02. The lowest BCUT2D eigenvalue weighted by molar-refractivity contribution is 0.371. The van der Waals surface area contributed by atoms with E-state index in [2.05, 4.69) is 0 Å². The van der Waals surface area contributed by atoms with Gasteiger partial charge >= 0.3 is 0 Å². The first-order chi connectivity index (χ1) is 6.31. The highest BCUT2D eigenvalue weighted by molar-refractivity contribution is 5.37. The summed E-state index contributed by atoms with van der Waals surface area (Å²) in [5.41, 5.74) is 1.04. The van der Waals surface area contributed by atoms with Crippen LogP contribution < -0.4 is 4.74 Å². The molecular weight excluding hydrogens is 167 g/mol. The molecule has 1 saturated carbocycles. The van der Waals surface area contributed by atoms with Gasteiger partial charge < -0.3 is 4.74 Å². The third kappa shape index (κ3) is 1.53. The van der Waals surface area contributed by atoms with Crippen LogP contribution in [0.2, 0.25) is 0 Å². The van der Waals surface area contributed by atoms with Crippen LogP contribution in [0, 0.1) is 5.82 Å². The first kappa shape index (κ1) is 8.54. The summed E-state index contributed by atoms with van der Waals surface area (Å²) >= 11 is 0. The van der Waals surface area contributed by atoms with Crippen molar-refractivity contribution in [1.29, 1.82) is 0 Å². The zero-order valence-corrected chi connectivity index (χ0v) is 7.72. The smallest absolute Gasteiger partial charge is 0.123 e. The summed E-state index contributed by atoms with van der Waals surface area (Å²) in [5.74, 6) is 1.18. The number of ether oxygens (including phenoxy) is 1. The van der Waals surface area contributed by atoms with Crippen molar-refractivity contribution in [1.82, 2.24) is 0 Å². The Bertz CT molecular complexity index is 305. The minimum absolute atomic E-state index is 0.164. The molecule has 0 spiro atoms. The Morgan fingerprint density at radius 1 is 1.38 bits per heavy atom. The highest BCUT2D eigenvalue weighted by Crippen LogP contribution is 2.40. The predicted octanol–water partition coefficient (Wildman–Crippen LogP) is 3.10. The van der Waals surface area contributed by atoms with E-state index in [-0.39, 0.29) is 5.82 Å². The first-order valence-electron chi connectivity index (χ1n) is 4.64. The van der Waals surface area contributed by atoms with E-state index in [1.54, 1.807) is 19.2 Å². The molecule has 70 valence electrons. The van der Waals surface area contributed by atoms with Gasteiger partial charge in [0.05, 0.1) is 7.11 Å². The fourth-order valence-corrected chi connectivity index (χ4v) is 1.74. The highest BCUT2D eigenvalue weighted by Gasteiger charge is 2.22. The van der Waals surface area contributed by atoms with E-state index in [9.17, 15) is 4.39 Å². The molecular formula is C11H13FO. The van der Waals surface area contributed by atoms with E-state index in [1.807, 2.05) is 0 Å². The Hall–Kier alpha value is -1.05. The van der Waals surface area contributed by atoms with E-state index in [0.29, 0.717) is 5.92 Å². The van der Waals surface area contributed by atoms with Gasteiger partial charge in [0.15, 0.2) is 0 Å². The molecule has 0 heterocycles. The van der Waals surface area contributed by atoms with Gasteiger partial charge in [-0.15, -0.1) is 0 Å². The maximum Gasteiger partial charge on any atom is 0.123 e. The summed E-state index contributed by atoms with van der Waals surface area (Å²) < 4.78 is 18.1. The standard InChI is InChI=1S/C11H13FO/c1-13-11-6-5-9(12)7-10(11)8-3-2-4-8/h5-8H,2-4H2,1H3. The molecule has 1 fully saturated rings. The average molecular weight is 180 g/mol. The summed E-state index contributed by atoms with van der Waals surface area (Å²) in [4.78, 5) is 0. The van der Waals surface area contributed by atoms with Crippen molar-refractivity contribution in [2.45, 2.75) is 25.2 Å². The second kappa shape index (κ2) is 3.36. The van der Waals surface area contributed by atoms with Gasteiger partial charge in [-0.2, -0.15) is 0 Å². The van der Waals surface area contributed by atoms with E-state index in [1.165, 1.54) is 25.3 Å². The molecule has 1 aliphatic rings. The lowest BCUT2D eigenvalue weighted by Crippen LogP contribution is -2.10. The Labute approximate surface area is 77.5 Å². The quantitative estimate of drug-likeness (QED) is 0.679. The van der Waals surface area contributed by atoms with Crippen LogP contribution >= 0.6 is 0 Å². The van der Waals surface area contributed by atoms with E-state index >= 15 is 0 Å². The van der Waals surface area contributed by atoms with Crippen LogP contribution in [-0.4, -0.2) is 7.11 Å². The Balaban J connectivity index is 2.33. The van der Waals surface area contributed by atoms with Crippen LogP contribution in [0.15, 0.2) is 18.2 Å². The molecule has 0 atom stereocenters. The molecule has 0 amide bonds. The van der Waals surface area contributed by atoms with Crippen molar-refractivity contribution < 1.29 is 9.13 Å². The topological polar surface area (TPSA) is 9.23 Å². The Morgan fingerprint density at radius 3 is 2.69 bits per heavy atom. The molecule has 1 aliphatic carbocycles. The van der Waals surface area contributed by atoms with Crippen LogP contribution in [-0.2, 0) is 0 Å². The van der Waals surface area contributed by atoms with Crippen LogP contribution in [0.3, 0.4) is 0 Å². The maximum atomic E-state index is 12.9.